The van der Waals surface area contributed by atoms with E-state index in [4.69, 9.17) is 11.6 Å². The largest absolute Gasteiger partial charge is 0.388 e. The van der Waals surface area contributed by atoms with E-state index in [2.05, 4.69) is 10.6 Å². The van der Waals surface area contributed by atoms with Gasteiger partial charge in [0.1, 0.15) is 0 Å². The second kappa shape index (κ2) is 8.47. The number of aliphatic hydroxyl groups excluding tert-OH is 1. The van der Waals surface area contributed by atoms with Crippen LogP contribution in [0.1, 0.15) is 23.7 Å². The van der Waals surface area contributed by atoms with Crippen LogP contribution in [0.25, 0.3) is 0 Å². The van der Waals surface area contributed by atoms with E-state index in [0.717, 1.165) is 11.1 Å². The number of halogens is 1. The van der Waals surface area contributed by atoms with Gasteiger partial charge in [0.15, 0.2) is 0 Å². The topological polar surface area (TPSA) is 78.4 Å². The van der Waals surface area contributed by atoms with E-state index in [0.29, 0.717) is 17.1 Å². The monoisotopic (exact) mass is 346 g/mol. The first-order valence-electron chi connectivity index (χ1n) is 7.55. The zero-order valence-corrected chi connectivity index (χ0v) is 14.0. The third kappa shape index (κ3) is 5.08. The van der Waals surface area contributed by atoms with Gasteiger partial charge in [-0.2, -0.15) is 0 Å². The maximum atomic E-state index is 11.9. The lowest BCUT2D eigenvalue weighted by Gasteiger charge is -2.12. The average Bonchev–Trinajstić information content (AvgIpc) is 2.58. The number of aryl methyl sites for hydroxylation is 1. The molecule has 2 rings (SSSR count). The Morgan fingerprint density at radius 3 is 2.54 bits per heavy atom. The van der Waals surface area contributed by atoms with Crippen LogP contribution < -0.4 is 10.6 Å². The SMILES string of the molecule is Cc1ccc(Cl)c(NC(=O)C(=O)NCCC(O)c2ccccc2)c1. The number of rotatable bonds is 5. The van der Waals surface area contributed by atoms with Crippen LogP contribution in [-0.4, -0.2) is 23.5 Å². The molecule has 0 aliphatic heterocycles. The fourth-order valence-corrected chi connectivity index (χ4v) is 2.32. The number of anilines is 1. The molecule has 0 aliphatic rings. The molecule has 2 amide bonds. The van der Waals surface area contributed by atoms with Crippen molar-refractivity contribution in [2.75, 3.05) is 11.9 Å². The Morgan fingerprint density at radius 1 is 1.12 bits per heavy atom. The zero-order valence-electron chi connectivity index (χ0n) is 13.3. The van der Waals surface area contributed by atoms with Crippen molar-refractivity contribution in [3.05, 3.63) is 64.7 Å². The molecule has 0 aliphatic carbocycles. The molecule has 0 spiro atoms. The lowest BCUT2D eigenvalue weighted by molar-refractivity contribution is -0.136. The van der Waals surface area contributed by atoms with Gasteiger partial charge in [-0.15, -0.1) is 0 Å². The summed E-state index contributed by atoms with van der Waals surface area (Å²) >= 11 is 5.98. The number of carbonyl (C=O) groups is 2. The third-order valence-corrected chi connectivity index (χ3v) is 3.79. The van der Waals surface area contributed by atoms with Gasteiger partial charge >= 0.3 is 11.8 Å². The molecule has 2 aromatic rings. The van der Waals surface area contributed by atoms with E-state index in [-0.39, 0.29) is 6.54 Å². The van der Waals surface area contributed by atoms with Crippen LogP contribution in [-0.2, 0) is 9.59 Å². The van der Waals surface area contributed by atoms with Crippen molar-refractivity contribution >= 4 is 29.1 Å². The van der Waals surface area contributed by atoms with Crippen LogP contribution >= 0.6 is 11.6 Å². The molecule has 0 bridgehead atoms. The summed E-state index contributed by atoms with van der Waals surface area (Å²) in [6.07, 6.45) is -0.380. The molecule has 3 N–H and O–H groups in total. The molecule has 126 valence electrons. The Balaban J connectivity index is 1.82. The normalized spacial score (nSPS) is 11.6. The van der Waals surface area contributed by atoms with Gasteiger partial charge in [0.2, 0.25) is 0 Å². The van der Waals surface area contributed by atoms with Crippen LogP contribution in [0.4, 0.5) is 5.69 Å². The highest BCUT2D eigenvalue weighted by molar-refractivity contribution is 6.41. The minimum absolute atomic E-state index is 0.184. The van der Waals surface area contributed by atoms with Crippen molar-refractivity contribution in [3.8, 4) is 0 Å². The molecule has 1 unspecified atom stereocenters. The Bertz CT molecular complexity index is 719. The molecular weight excluding hydrogens is 328 g/mol. The van der Waals surface area contributed by atoms with E-state index in [1.54, 1.807) is 24.3 Å². The van der Waals surface area contributed by atoms with Gasteiger partial charge in [0, 0.05) is 6.54 Å². The number of aliphatic hydroxyl groups is 1. The lowest BCUT2D eigenvalue weighted by atomic mass is 10.1. The second-order valence-electron chi connectivity index (χ2n) is 5.41. The Morgan fingerprint density at radius 2 is 1.83 bits per heavy atom. The average molecular weight is 347 g/mol. The summed E-state index contributed by atoms with van der Waals surface area (Å²) in [5, 5.41) is 15.3. The Labute approximate surface area is 145 Å². The maximum Gasteiger partial charge on any atom is 0.313 e. The molecule has 0 aromatic heterocycles. The van der Waals surface area contributed by atoms with Crippen LogP contribution in [0.5, 0.6) is 0 Å². The van der Waals surface area contributed by atoms with Crippen LogP contribution in [0.3, 0.4) is 0 Å². The minimum atomic E-state index is -0.795. The number of hydrogen-bond donors (Lipinski definition) is 3. The Kier molecular flexibility index (Phi) is 6.35. The Hall–Kier alpha value is -2.37. The highest BCUT2D eigenvalue weighted by Crippen LogP contribution is 2.22. The number of amides is 2. The fraction of sp³-hybridized carbons (Fsp3) is 0.222. The quantitative estimate of drug-likeness (QED) is 0.728. The second-order valence-corrected chi connectivity index (χ2v) is 5.82. The van der Waals surface area contributed by atoms with Crippen LogP contribution in [0.15, 0.2) is 48.5 Å². The maximum absolute atomic E-state index is 11.9. The number of carbonyl (C=O) groups excluding carboxylic acids is 2. The van der Waals surface area contributed by atoms with Crippen LogP contribution in [0.2, 0.25) is 5.02 Å². The van der Waals surface area contributed by atoms with Crippen molar-refractivity contribution in [1.82, 2.24) is 5.32 Å². The van der Waals surface area contributed by atoms with Gasteiger partial charge in [0.25, 0.3) is 0 Å². The summed E-state index contributed by atoms with van der Waals surface area (Å²) in [7, 11) is 0. The predicted octanol–water partition coefficient (Wildman–Crippen LogP) is 2.83. The molecule has 0 heterocycles. The molecule has 0 saturated carbocycles. The van der Waals surface area contributed by atoms with Gasteiger partial charge in [-0.3, -0.25) is 9.59 Å². The van der Waals surface area contributed by atoms with Gasteiger partial charge in [-0.1, -0.05) is 48.0 Å². The van der Waals surface area contributed by atoms with Crippen molar-refractivity contribution in [2.45, 2.75) is 19.4 Å². The standard InChI is InChI=1S/C18H19ClN2O3/c1-12-7-8-14(19)15(11-12)21-18(24)17(23)20-10-9-16(22)13-5-3-2-4-6-13/h2-8,11,16,22H,9-10H2,1H3,(H,20,23)(H,21,24). The molecule has 0 radical (unpaired) electrons. The molecule has 0 saturated heterocycles. The molecule has 2 aromatic carbocycles. The van der Waals surface area contributed by atoms with Crippen LogP contribution in [0, 0.1) is 6.92 Å². The minimum Gasteiger partial charge on any atom is -0.388 e. The fourth-order valence-electron chi connectivity index (χ4n) is 2.16. The van der Waals surface area contributed by atoms with E-state index in [1.165, 1.54) is 0 Å². The van der Waals surface area contributed by atoms with Gasteiger partial charge in [0.05, 0.1) is 16.8 Å². The third-order valence-electron chi connectivity index (χ3n) is 3.46. The van der Waals surface area contributed by atoms with Gasteiger partial charge in [-0.05, 0) is 36.6 Å². The van der Waals surface area contributed by atoms with E-state index >= 15 is 0 Å². The van der Waals surface area contributed by atoms with E-state index in [1.807, 2.05) is 31.2 Å². The molecule has 0 fully saturated rings. The van der Waals surface area contributed by atoms with E-state index < -0.39 is 17.9 Å². The number of benzene rings is 2. The summed E-state index contributed by atoms with van der Waals surface area (Å²) < 4.78 is 0. The summed E-state index contributed by atoms with van der Waals surface area (Å²) in [4.78, 5) is 23.7. The highest BCUT2D eigenvalue weighted by atomic mass is 35.5. The molecule has 1 atom stereocenters. The van der Waals surface area contributed by atoms with Crippen molar-refractivity contribution in [1.29, 1.82) is 0 Å². The first-order valence-corrected chi connectivity index (χ1v) is 7.93. The number of hydrogen-bond acceptors (Lipinski definition) is 3. The van der Waals surface area contributed by atoms with Gasteiger partial charge < -0.3 is 15.7 Å². The lowest BCUT2D eigenvalue weighted by Crippen LogP contribution is -2.36. The summed E-state index contributed by atoms with van der Waals surface area (Å²) in [5.74, 6) is -1.57. The van der Waals surface area contributed by atoms with E-state index in [9.17, 15) is 14.7 Å². The van der Waals surface area contributed by atoms with Gasteiger partial charge in [-0.25, -0.2) is 0 Å². The summed E-state index contributed by atoms with van der Waals surface area (Å²) in [6, 6.07) is 14.3. The smallest absolute Gasteiger partial charge is 0.313 e. The highest BCUT2D eigenvalue weighted by Gasteiger charge is 2.15. The summed E-state index contributed by atoms with van der Waals surface area (Å²) in [6.45, 7) is 2.04. The molecular formula is C18H19ClN2O3. The molecule has 6 heteroatoms. The summed E-state index contributed by atoms with van der Waals surface area (Å²) in [5.41, 5.74) is 2.07. The van der Waals surface area contributed by atoms with Crippen molar-refractivity contribution < 1.29 is 14.7 Å². The first-order chi connectivity index (χ1) is 11.5. The first kappa shape index (κ1) is 18.0. The number of nitrogens with one attached hydrogen (secondary N) is 2. The molecule has 24 heavy (non-hydrogen) atoms. The molecule has 5 nitrogen and oxygen atoms in total. The predicted molar refractivity (Wildman–Crippen MR) is 93.8 cm³/mol. The van der Waals surface area contributed by atoms with Crippen molar-refractivity contribution in [3.63, 3.8) is 0 Å². The van der Waals surface area contributed by atoms with Crippen molar-refractivity contribution in [2.24, 2.45) is 0 Å². The zero-order chi connectivity index (χ0) is 17.5.